The number of benzene rings is 2. The van der Waals surface area contributed by atoms with Gasteiger partial charge in [0.25, 0.3) is 0 Å². The summed E-state index contributed by atoms with van der Waals surface area (Å²) in [5, 5.41) is 0.610. The highest BCUT2D eigenvalue weighted by Gasteiger charge is 2.11. The first-order chi connectivity index (χ1) is 8.56. The minimum atomic E-state index is -0.993. The number of halogens is 4. The smallest absolute Gasteiger partial charge is 0.200 e. The molecule has 0 aromatic heterocycles. The summed E-state index contributed by atoms with van der Waals surface area (Å²) in [6.07, 6.45) is 0. The van der Waals surface area contributed by atoms with Gasteiger partial charge in [-0.05, 0) is 29.8 Å². The van der Waals surface area contributed by atoms with E-state index in [0.29, 0.717) is 9.50 Å². The molecule has 0 aliphatic carbocycles. The van der Waals surface area contributed by atoms with Crippen molar-refractivity contribution in [2.75, 3.05) is 0 Å². The van der Waals surface area contributed by atoms with Crippen LogP contribution in [0.5, 0.6) is 5.75 Å². The fourth-order valence-corrected chi connectivity index (χ4v) is 1.91. The highest BCUT2D eigenvalue weighted by atomic mass is 79.9. The normalized spacial score (nSPS) is 10.4. The van der Waals surface area contributed by atoms with Gasteiger partial charge < -0.3 is 4.74 Å². The predicted octanol–water partition coefficient (Wildman–Crippen LogP) is 4.96. The molecule has 0 heterocycles. The van der Waals surface area contributed by atoms with E-state index in [0.717, 1.165) is 11.6 Å². The van der Waals surface area contributed by atoms with E-state index in [9.17, 15) is 8.78 Å². The second-order valence-corrected chi connectivity index (χ2v) is 4.97. The number of hydrogen-bond acceptors (Lipinski definition) is 1. The molecule has 5 heteroatoms. The number of ether oxygens (including phenoxy) is 1. The van der Waals surface area contributed by atoms with Gasteiger partial charge in [0.05, 0.1) is 0 Å². The average molecular weight is 334 g/mol. The lowest BCUT2D eigenvalue weighted by Crippen LogP contribution is -1.99. The van der Waals surface area contributed by atoms with Crippen molar-refractivity contribution in [2.45, 2.75) is 6.61 Å². The minimum absolute atomic E-state index is 0.128. The van der Waals surface area contributed by atoms with E-state index in [-0.39, 0.29) is 12.4 Å². The molecular weight excluding hydrogens is 325 g/mol. The van der Waals surface area contributed by atoms with Crippen LogP contribution < -0.4 is 4.74 Å². The van der Waals surface area contributed by atoms with Crippen molar-refractivity contribution in [3.05, 3.63) is 63.1 Å². The van der Waals surface area contributed by atoms with Gasteiger partial charge >= 0.3 is 0 Å². The quantitative estimate of drug-likeness (QED) is 0.721. The molecule has 0 saturated carbocycles. The average Bonchev–Trinajstić information content (AvgIpc) is 2.34. The zero-order valence-corrected chi connectivity index (χ0v) is 11.4. The van der Waals surface area contributed by atoms with Crippen molar-refractivity contribution in [3.63, 3.8) is 0 Å². The fourth-order valence-electron chi connectivity index (χ4n) is 1.38. The highest BCUT2D eigenvalue weighted by molar-refractivity contribution is 9.10. The van der Waals surface area contributed by atoms with Crippen LogP contribution in [0.4, 0.5) is 8.78 Å². The van der Waals surface area contributed by atoms with Gasteiger partial charge in [-0.1, -0.05) is 39.7 Å². The molecule has 0 fully saturated rings. The summed E-state index contributed by atoms with van der Waals surface area (Å²) in [5.41, 5.74) is 0.819. The van der Waals surface area contributed by atoms with Gasteiger partial charge in [-0.3, -0.25) is 0 Å². The largest absolute Gasteiger partial charge is 0.486 e. The van der Waals surface area contributed by atoms with E-state index in [1.165, 1.54) is 6.07 Å². The maximum atomic E-state index is 13.4. The SMILES string of the molecule is Fc1cc(Br)cc(OCc2ccc(Cl)cc2)c1F. The molecule has 0 amide bonds. The zero-order valence-electron chi connectivity index (χ0n) is 9.09. The molecule has 2 aromatic rings. The minimum Gasteiger partial charge on any atom is -0.486 e. The molecule has 0 N–H and O–H groups in total. The van der Waals surface area contributed by atoms with Crippen molar-refractivity contribution < 1.29 is 13.5 Å². The maximum absolute atomic E-state index is 13.4. The summed E-state index contributed by atoms with van der Waals surface area (Å²) in [4.78, 5) is 0. The van der Waals surface area contributed by atoms with Crippen LogP contribution >= 0.6 is 27.5 Å². The molecule has 0 saturated heterocycles. The van der Waals surface area contributed by atoms with Gasteiger partial charge in [-0.2, -0.15) is 4.39 Å². The lowest BCUT2D eigenvalue weighted by molar-refractivity contribution is 0.284. The Kier molecular flexibility index (Phi) is 4.19. The molecule has 2 aromatic carbocycles. The molecule has 0 aliphatic heterocycles. The Labute approximate surface area is 116 Å². The van der Waals surface area contributed by atoms with Gasteiger partial charge in [-0.25, -0.2) is 4.39 Å². The van der Waals surface area contributed by atoms with Crippen LogP contribution in [0, 0.1) is 11.6 Å². The predicted molar refractivity (Wildman–Crippen MR) is 69.8 cm³/mol. The summed E-state index contributed by atoms with van der Waals surface area (Å²) >= 11 is 8.82. The zero-order chi connectivity index (χ0) is 13.1. The van der Waals surface area contributed by atoms with E-state index in [2.05, 4.69) is 15.9 Å². The third kappa shape index (κ3) is 3.21. The Morgan fingerprint density at radius 2 is 1.78 bits per heavy atom. The van der Waals surface area contributed by atoms with E-state index in [1.807, 2.05) is 0 Å². The molecule has 1 nitrogen and oxygen atoms in total. The number of hydrogen-bond donors (Lipinski definition) is 0. The van der Waals surface area contributed by atoms with Crippen molar-refractivity contribution >= 4 is 27.5 Å². The first-order valence-electron chi connectivity index (χ1n) is 5.08. The molecule has 2 rings (SSSR count). The van der Waals surface area contributed by atoms with Gasteiger partial charge in [0.2, 0.25) is 5.82 Å². The molecule has 0 bridgehead atoms. The van der Waals surface area contributed by atoms with Crippen LogP contribution in [0.25, 0.3) is 0 Å². The second-order valence-electron chi connectivity index (χ2n) is 3.61. The molecule has 0 aliphatic rings. The first-order valence-corrected chi connectivity index (χ1v) is 6.25. The van der Waals surface area contributed by atoms with Crippen LogP contribution in [-0.2, 0) is 6.61 Å². The Balaban J connectivity index is 2.13. The van der Waals surface area contributed by atoms with Crippen LogP contribution in [0.1, 0.15) is 5.56 Å². The molecule has 0 unspecified atom stereocenters. The summed E-state index contributed by atoms with van der Waals surface area (Å²) in [7, 11) is 0. The Bertz CT molecular complexity index is 558. The summed E-state index contributed by atoms with van der Waals surface area (Å²) < 4.78 is 32.2. The van der Waals surface area contributed by atoms with Crippen LogP contribution in [0.15, 0.2) is 40.9 Å². The van der Waals surface area contributed by atoms with E-state index in [1.54, 1.807) is 24.3 Å². The Morgan fingerprint density at radius 1 is 1.11 bits per heavy atom. The van der Waals surface area contributed by atoms with Crippen LogP contribution in [0.2, 0.25) is 5.02 Å². The third-order valence-corrected chi connectivity index (χ3v) is 2.98. The van der Waals surface area contributed by atoms with Crippen LogP contribution in [-0.4, -0.2) is 0 Å². The monoisotopic (exact) mass is 332 g/mol. The van der Waals surface area contributed by atoms with Gasteiger partial charge in [-0.15, -0.1) is 0 Å². The van der Waals surface area contributed by atoms with Crippen molar-refractivity contribution in [2.24, 2.45) is 0 Å². The van der Waals surface area contributed by atoms with Crippen LogP contribution in [0.3, 0.4) is 0 Å². The maximum Gasteiger partial charge on any atom is 0.200 e. The molecule has 0 radical (unpaired) electrons. The first kappa shape index (κ1) is 13.3. The van der Waals surface area contributed by atoms with Gasteiger partial charge in [0, 0.05) is 9.50 Å². The highest BCUT2D eigenvalue weighted by Crippen LogP contribution is 2.26. The topological polar surface area (TPSA) is 9.23 Å². The van der Waals surface area contributed by atoms with Gasteiger partial charge in [0.1, 0.15) is 6.61 Å². The lowest BCUT2D eigenvalue weighted by Gasteiger charge is -2.08. The van der Waals surface area contributed by atoms with Crippen molar-refractivity contribution in [1.29, 1.82) is 0 Å². The number of rotatable bonds is 3. The lowest BCUT2D eigenvalue weighted by atomic mass is 10.2. The fraction of sp³-hybridized carbons (Fsp3) is 0.0769. The van der Waals surface area contributed by atoms with Crippen molar-refractivity contribution in [3.8, 4) is 5.75 Å². The summed E-state index contributed by atoms with van der Waals surface area (Å²) in [5.74, 6) is -2.07. The molecular formula is C13H8BrClF2O. The summed E-state index contributed by atoms with van der Waals surface area (Å²) in [6, 6.07) is 9.36. The van der Waals surface area contributed by atoms with E-state index >= 15 is 0 Å². The second kappa shape index (κ2) is 5.67. The van der Waals surface area contributed by atoms with Gasteiger partial charge in [0.15, 0.2) is 11.6 Å². The van der Waals surface area contributed by atoms with E-state index < -0.39 is 11.6 Å². The molecule has 0 spiro atoms. The summed E-state index contributed by atoms with van der Waals surface area (Å²) in [6.45, 7) is 0.143. The van der Waals surface area contributed by atoms with E-state index in [4.69, 9.17) is 16.3 Å². The Morgan fingerprint density at radius 3 is 2.44 bits per heavy atom. The van der Waals surface area contributed by atoms with Crippen molar-refractivity contribution in [1.82, 2.24) is 0 Å². The molecule has 0 atom stereocenters. The molecule has 94 valence electrons. The molecule has 18 heavy (non-hydrogen) atoms. The standard InChI is InChI=1S/C13H8BrClF2O/c14-9-5-11(16)13(17)12(6-9)18-7-8-1-3-10(15)4-2-8/h1-6H,7H2. The third-order valence-electron chi connectivity index (χ3n) is 2.27. The Hall–Kier alpha value is -1.13.